The lowest BCUT2D eigenvalue weighted by molar-refractivity contribution is 0.0965. The topological polar surface area (TPSA) is 39.9 Å². The van der Waals surface area contributed by atoms with Gasteiger partial charge in [-0.05, 0) is 42.3 Å². The molecule has 0 radical (unpaired) electrons. The highest BCUT2D eigenvalue weighted by atomic mass is 35.5. The molecule has 0 saturated heterocycles. The predicted octanol–water partition coefficient (Wildman–Crippen LogP) is 4.08. The lowest BCUT2D eigenvalue weighted by atomic mass is 10.2. The SMILES string of the molecule is COc1ccc(Cn2cnc3c(C(F)(F)Cl)cc(C)nc32)cc1. The molecule has 7 heteroatoms. The van der Waals surface area contributed by atoms with Crippen molar-refractivity contribution in [2.45, 2.75) is 18.9 Å². The van der Waals surface area contributed by atoms with Crippen molar-refractivity contribution >= 4 is 22.8 Å². The third-order valence-electron chi connectivity index (χ3n) is 3.52. The van der Waals surface area contributed by atoms with Gasteiger partial charge in [0, 0.05) is 5.69 Å². The summed E-state index contributed by atoms with van der Waals surface area (Å²) in [4.78, 5) is 8.39. The standard InChI is InChI=1S/C16H14ClF2N3O/c1-10-7-13(16(17,18)19)14-15(21-10)22(9-20-14)8-11-3-5-12(23-2)6-4-11/h3-7,9H,8H2,1-2H3. The maximum atomic E-state index is 13.6. The van der Waals surface area contributed by atoms with Crippen LogP contribution >= 0.6 is 11.6 Å². The number of hydrogen-bond donors (Lipinski definition) is 0. The van der Waals surface area contributed by atoms with Crippen molar-refractivity contribution in [1.82, 2.24) is 14.5 Å². The average Bonchev–Trinajstić information content (AvgIpc) is 2.89. The monoisotopic (exact) mass is 337 g/mol. The molecule has 0 amide bonds. The Bertz CT molecular complexity index is 841. The van der Waals surface area contributed by atoms with E-state index in [0.29, 0.717) is 17.9 Å². The molecule has 3 rings (SSSR count). The van der Waals surface area contributed by atoms with Crippen LogP contribution in [0.25, 0.3) is 11.2 Å². The molecule has 0 fully saturated rings. The number of rotatable bonds is 4. The molecule has 0 aliphatic rings. The second kappa shape index (κ2) is 5.77. The van der Waals surface area contributed by atoms with E-state index in [4.69, 9.17) is 16.3 Å². The van der Waals surface area contributed by atoms with Crippen LogP contribution in [-0.4, -0.2) is 21.6 Å². The predicted molar refractivity (Wildman–Crippen MR) is 84.1 cm³/mol. The molecule has 1 aromatic carbocycles. The van der Waals surface area contributed by atoms with Crippen molar-refractivity contribution in [2.75, 3.05) is 7.11 Å². The zero-order valence-corrected chi connectivity index (χ0v) is 13.3. The Labute approximate surface area is 136 Å². The van der Waals surface area contributed by atoms with Crippen LogP contribution < -0.4 is 4.74 Å². The van der Waals surface area contributed by atoms with Gasteiger partial charge in [0.15, 0.2) is 5.65 Å². The fourth-order valence-electron chi connectivity index (χ4n) is 2.42. The summed E-state index contributed by atoms with van der Waals surface area (Å²) in [6.45, 7) is 2.11. The summed E-state index contributed by atoms with van der Waals surface area (Å²) in [5, 5.41) is -3.48. The molecule has 0 spiro atoms. The van der Waals surface area contributed by atoms with E-state index in [1.54, 1.807) is 18.6 Å². The van der Waals surface area contributed by atoms with Crippen LogP contribution in [0.2, 0.25) is 0 Å². The van der Waals surface area contributed by atoms with Gasteiger partial charge in [0.05, 0.1) is 25.5 Å². The summed E-state index contributed by atoms with van der Waals surface area (Å²) in [6, 6.07) is 8.74. The molecule has 23 heavy (non-hydrogen) atoms. The number of nitrogens with zero attached hydrogens (tertiary/aromatic N) is 3. The van der Waals surface area contributed by atoms with Gasteiger partial charge in [0.1, 0.15) is 11.3 Å². The highest BCUT2D eigenvalue weighted by Gasteiger charge is 2.32. The first-order valence-corrected chi connectivity index (χ1v) is 7.29. The van der Waals surface area contributed by atoms with Crippen LogP contribution in [0.3, 0.4) is 0 Å². The number of halogens is 3. The largest absolute Gasteiger partial charge is 0.497 e. The number of aryl methyl sites for hydroxylation is 1. The summed E-state index contributed by atoms with van der Waals surface area (Å²) < 4.78 is 33.9. The van der Waals surface area contributed by atoms with Crippen molar-refractivity contribution in [3.8, 4) is 5.75 Å². The van der Waals surface area contributed by atoms with Crippen molar-refractivity contribution < 1.29 is 13.5 Å². The Morgan fingerprint density at radius 1 is 1.26 bits per heavy atom. The van der Waals surface area contributed by atoms with Crippen LogP contribution in [0, 0.1) is 6.92 Å². The van der Waals surface area contributed by atoms with Gasteiger partial charge in [-0.2, -0.15) is 8.78 Å². The number of alkyl halides is 3. The van der Waals surface area contributed by atoms with Crippen LogP contribution in [0.4, 0.5) is 8.78 Å². The first-order chi connectivity index (χ1) is 10.9. The van der Waals surface area contributed by atoms with E-state index in [0.717, 1.165) is 11.3 Å². The van der Waals surface area contributed by atoms with Gasteiger partial charge in [-0.1, -0.05) is 12.1 Å². The van der Waals surface area contributed by atoms with E-state index >= 15 is 0 Å². The molecule has 0 aliphatic carbocycles. The smallest absolute Gasteiger partial charge is 0.350 e. The molecule has 0 saturated carbocycles. The number of aromatic nitrogens is 3. The quantitative estimate of drug-likeness (QED) is 0.673. The Balaban J connectivity index is 2.03. The minimum absolute atomic E-state index is 0.115. The van der Waals surface area contributed by atoms with Crippen molar-refractivity contribution in [3.05, 3.63) is 53.5 Å². The molecule has 0 atom stereocenters. The first kappa shape index (κ1) is 15.7. The van der Waals surface area contributed by atoms with E-state index in [1.165, 1.54) is 12.4 Å². The zero-order valence-electron chi connectivity index (χ0n) is 12.6. The van der Waals surface area contributed by atoms with Gasteiger partial charge in [-0.25, -0.2) is 9.97 Å². The fraction of sp³-hybridized carbons (Fsp3) is 0.250. The maximum absolute atomic E-state index is 13.6. The lowest BCUT2D eigenvalue weighted by Gasteiger charge is -2.10. The summed E-state index contributed by atoms with van der Waals surface area (Å²) in [5.41, 5.74) is 1.62. The van der Waals surface area contributed by atoms with Gasteiger partial charge in [0.2, 0.25) is 0 Å². The van der Waals surface area contributed by atoms with Crippen molar-refractivity contribution in [1.29, 1.82) is 0 Å². The Hall–Kier alpha value is -2.21. The summed E-state index contributed by atoms with van der Waals surface area (Å²) >= 11 is 5.19. The Morgan fingerprint density at radius 3 is 2.57 bits per heavy atom. The number of hydrogen-bond acceptors (Lipinski definition) is 3. The minimum atomic E-state index is -3.48. The maximum Gasteiger partial charge on any atom is 0.350 e. The molecule has 0 aliphatic heterocycles. The molecule has 2 heterocycles. The zero-order chi connectivity index (χ0) is 16.6. The lowest BCUT2D eigenvalue weighted by Crippen LogP contribution is -2.07. The van der Waals surface area contributed by atoms with E-state index in [-0.39, 0.29) is 11.1 Å². The molecular formula is C16H14ClF2N3O. The highest BCUT2D eigenvalue weighted by Crippen LogP contribution is 2.36. The fourth-order valence-corrected chi connectivity index (χ4v) is 2.56. The van der Waals surface area contributed by atoms with Crippen molar-refractivity contribution in [2.24, 2.45) is 0 Å². The normalized spacial score (nSPS) is 11.9. The van der Waals surface area contributed by atoms with Gasteiger partial charge in [0.25, 0.3) is 0 Å². The van der Waals surface area contributed by atoms with E-state index in [2.05, 4.69) is 9.97 Å². The first-order valence-electron chi connectivity index (χ1n) is 6.91. The van der Waals surface area contributed by atoms with E-state index in [1.807, 2.05) is 24.3 Å². The van der Waals surface area contributed by atoms with Crippen LogP contribution in [0.1, 0.15) is 16.8 Å². The summed E-state index contributed by atoms with van der Waals surface area (Å²) in [7, 11) is 1.60. The van der Waals surface area contributed by atoms with Gasteiger partial charge < -0.3 is 9.30 Å². The van der Waals surface area contributed by atoms with Gasteiger partial charge in [-0.3, -0.25) is 0 Å². The van der Waals surface area contributed by atoms with Crippen molar-refractivity contribution in [3.63, 3.8) is 0 Å². The third kappa shape index (κ3) is 3.12. The molecular weight excluding hydrogens is 324 g/mol. The van der Waals surface area contributed by atoms with Crippen LogP contribution in [0.5, 0.6) is 5.75 Å². The van der Waals surface area contributed by atoms with E-state index in [9.17, 15) is 8.78 Å². The molecule has 120 valence electrons. The number of ether oxygens (including phenoxy) is 1. The molecule has 4 nitrogen and oxygen atoms in total. The van der Waals surface area contributed by atoms with Gasteiger partial charge in [-0.15, -0.1) is 0 Å². The number of methoxy groups -OCH3 is 1. The van der Waals surface area contributed by atoms with Crippen LogP contribution in [0.15, 0.2) is 36.7 Å². The minimum Gasteiger partial charge on any atom is -0.497 e. The molecule has 0 N–H and O–H groups in total. The molecule has 3 aromatic rings. The van der Waals surface area contributed by atoms with E-state index < -0.39 is 5.38 Å². The van der Waals surface area contributed by atoms with Gasteiger partial charge >= 0.3 is 5.38 Å². The molecule has 2 aromatic heterocycles. The highest BCUT2D eigenvalue weighted by molar-refractivity contribution is 6.22. The second-order valence-electron chi connectivity index (χ2n) is 5.20. The summed E-state index contributed by atoms with van der Waals surface area (Å²) in [5.74, 6) is 0.752. The third-order valence-corrected chi connectivity index (χ3v) is 3.72. The average molecular weight is 338 g/mol. The summed E-state index contributed by atoms with van der Waals surface area (Å²) in [6.07, 6.45) is 1.49. The second-order valence-corrected chi connectivity index (χ2v) is 5.68. The number of imidazole rings is 1. The number of benzene rings is 1. The molecule has 0 bridgehead atoms. The Kier molecular flexibility index (Phi) is 3.93. The number of pyridine rings is 1. The van der Waals surface area contributed by atoms with Crippen LogP contribution in [-0.2, 0) is 11.9 Å². The number of fused-ring (bicyclic) bond motifs is 1. The molecule has 0 unspecified atom stereocenters. The Morgan fingerprint density at radius 2 is 1.96 bits per heavy atom.